The van der Waals surface area contributed by atoms with Crippen molar-refractivity contribution in [1.29, 1.82) is 0 Å². The molecule has 2 rings (SSSR count). The maximum absolute atomic E-state index is 9.72. The fourth-order valence-corrected chi connectivity index (χ4v) is 1.99. The van der Waals surface area contributed by atoms with Gasteiger partial charge in [-0.25, -0.2) is 0 Å². The van der Waals surface area contributed by atoms with Crippen molar-refractivity contribution < 1.29 is 19.5 Å². The molecule has 2 aromatic rings. The molecule has 0 aliphatic heterocycles. The number of phenols is 2. The fourth-order valence-electron chi connectivity index (χ4n) is 1.68. The van der Waals surface area contributed by atoms with Gasteiger partial charge < -0.3 is 19.5 Å². The van der Waals surface area contributed by atoms with Crippen molar-refractivity contribution in [3.05, 3.63) is 45.4 Å². The third-order valence-corrected chi connectivity index (χ3v) is 3.72. The predicted octanol–water partition coefficient (Wildman–Crippen LogP) is 3.75. The van der Waals surface area contributed by atoms with Crippen LogP contribution in [0.15, 0.2) is 24.3 Å². The lowest BCUT2D eigenvalue weighted by atomic mass is 10.2. The second-order valence-electron chi connectivity index (χ2n) is 4.54. The van der Waals surface area contributed by atoms with Crippen LogP contribution in [0.1, 0.15) is 11.1 Å². The van der Waals surface area contributed by atoms with E-state index in [9.17, 15) is 10.2 Å². The molecule has 0 heterocycles. The van der Waals surface area contributed by atoms with E-state index in [1.54, 1.807) is 26.0 Å². The van der Waals surface area contributed by atoms with Crippen molar-refractivity contribution in [3.63, 3.8) is 0 Å². The zero-order valence-corrected chi connectivity index (χ0v) is 13.0. The van der Waals surface area contributed by atoms with Crippen molar-refractivity contribution in [3.8, 4) is 23.0 Å². The highest BCUT2D eigenvalue weighted by atomic mass is 35.5. The standard InChI is InChI=1S/C14H13BCl2O4/c1-7-3-13(11(18)5-9(7)16)20-15-21-14-4-8(2)10(17)6-12(14)19/h3-6,15,18-19H,1-2H3. The lowest BCUT2D eigenvalue weighted by molar-refractivity contribution is 0.397. The SMILES string of the molecule is Cc1cc(OBOc2cc(C)c(Cl)cc2O)c(O)cc1Cl. The Morgan fingerprint density at radius 1 is 0.810 bits per heavy atom. The minimum absolute atomic E-state index is 0.0780. The van der Waals surface area contributed by atoms with Gasteiger partial charge in [0, 0.05) is 22.2 Å². The van der Waals surface area contributed by atoms with Crippen LogP contribution in [-0.4, -0.2) is 17.9 Å². The number of aryl methyl sites for hydroxylation is 2. The topological polar surface area (TPSA) is 58.9 Å². The highest BCUT2D eigenvalue weighted by molar-refractivity contribution is 6.32. The molecule has 0 aliphatic carbocycles. The zero-order valence-electron chi connectivity index (χ0n) is 11.5. The summed E-state index contributed by atoms with van der Waals surface area (Å²) in [5, 5.41) is 20.3. The monoisotopic (exact) mass is 326 g/mol. The molecule has 0 fully saturated rings. The van der Waals surface area contributed by atoms with Gasteiger partial charge in [0.15, 0.2) is 11.5 Å². The molecule has 7 heteroatoms. The van der Waals surface area contributed by atoms with Gasteiger partial charge in [-0.2, -0.15) is 0 Å². The van der Waals surface area contributed by atoms with Gasteiger partial charge >= 0.3 is 7.69 Å². The van der Waals surface area contributed by atoms with Crippen LogP contribution in [0.5, 0.6) is 23.0 Å². The van der Waals surface area contributed by atoms with Crippen LogP contribution in [0, 0.1) is 13.8 Å². The van der Waals surface area contributed by atoms with Crippen LogP contribution in [0.25, 0.3) is 0 Å². The first-order valence-electron chi connectivity index (χ1n) is 6.12. The van der Waals surface area contributed by atoms with Crippen molar-refractivity contribution in [1.82, 2.24) is 0 Å². The maximum atomic E-state index is 9.72. The summed E-state index contributed by atoms with van der Waals surface area (Å²) in [4.78, 5) is 0. The summed E-state index contributed by atoms with van der Waals surface area (Å²) in [6.07, 6.45) is 0. The predicted molar refractivity (Wildman–Crippen MR) is 84.1 cm³/mol. The van der Waals surface area contributed by atoms with Gasteiger partial charge in [-0.15, -0.1) is 0 Å². The van der Waals surface area contributed by atoms with E-state index in [0.717, 1.165) is 11.1 Å². The molecular formula is C14H13BCl2O4. The normalized spacial score (nSPS) is 10.3. The number of rotatable bonds is 4. The van der Waals surface area contributed by atoms with E-state index in [-0.39, 0.29) is 30.7 Å². The van der Waals surface area contributed by atoms with E-state index in [1.165, 1.54) is 12.1 Å². The quantitative estimate of drug-likeness (QED) is 0.840. The second-order valence-corrected chi connectivity index (χ2v) is 5.36. The molecule has 2 aromatic carbocycles. The van der Waals surface area contributed by atoms with Crippen LogP contribution in [0.4, 0.5) is 0 Å². The molecule has 0 aromatic heterocycles. The van der Waals surface area contributed by atoms with E-state index in [4.69, 9.17) is 32.5 Å². The summed E-state index contributed by atoms with van der Waals surface area (Å²) < 4.78 is 10.7. The van der Waals surface area contributed by atoms with Gasteiger partial charge in [0.1, 0.15) is 11.5 Å². The van der Waals surface area contributed by atoms with Crippen LogP contribution < -0.4 is 9.31 Å². The van der Waals surface area contributed by atoms with Crippen molar-refractivity contribution in [2.75, 3.05) is 0 Å². The van der Waals surface area contributed by atoms with Crippen molar-refractivity contribution in [2.24, 2.45) is 0 Å². The molecule has 2 N–H and O–H groups in total. The minimum Gasteiger partial charge on any atom is -0.526 e. The Balaban J connectivity index is 2.05. The van der Waals surface area contributed by atoms with E-state index < -0.39 is 0 Å². The first-order valence-corrected chi connectivity index (χ1v) is 6.88. The Morgan fingerprint density at radius 2 is 1.19 bits per heavy atom. The smallest absolute Gasteiger partial charge is 0.526 e. The number of halogens is 2. The average Bonchev–Trinajstić information content (AvgIpc) is 2.41. The highest BCUT2D eigenvalue weighted by Crippen LogP contribution is 2.33. The lowest BCUT2D eigenvalue weighted by Gasteiger charge is -2.12. The second kappa shape index (κ2) is 6.37. The third-order valence-electron chi connectivity index (χ3n) is 2.91. The number of hydrogen-bond donors (Lipinski definition) is 2. The molecule has 110 valence electrons. The number of benzene rings is 2. The third kappa shape index (κ3) is 3.68. The molecular weight excluding hydrogens is 314 g/mol. The van der Waals surface area contributed by atoms with E-state index >= 15 is 0 Å². The van der Waals surface area contributed by atoms with Crippen LogP contribution in [-0.2, 0) is 0 Å². The molecule has 0 radical (unpaired) electrons. The maximum Gasteiger partial charge on any atom is 0.576 e. The van der Waals surface area contributed by atoms with Gasteiger partial charge in [-0.05, 0) is 37.1 Å². The lowest BCUT2D eigenvalue weighted by Crippen LogP contribution is -2.11. The Morgan fingerprint density at radius 3 is 1.57 bits per heavy atom. The Bertz CT molecular complexity index is 619. The van der Waals surface area contributed by atoms with Gasteiger partial charge in [-0.1, -0.05) is 23.2 Å². The minimum atomic E-state index is -0.177. The van der Waals surface area contributed by atoms with Crippen LogP contribution in [0.2, 0.25) is 10.0 Å². The largest absolute Gasteiger partial charge is 0.576 e. The molecule has 0 amide bonds. The van der Waals surface area contributed by atoms with Gasteiger partial charge in [0.2, 0.25) is 0 Å². The van der Waals surface area contributed by atoms with Gasteiger partial charge in [-0.3, -0.25) is 0 Å². The first kappa shape index (κ1) is 15.7. The molecule has 0 bridgehead atoms. The molecule has 0 saturated carbocycles. The number of aromatic hydroxyl groups is 2. The highest BCUT2D eigenvalue weighted by Gasteiger charge is 2.11. The summed E-state index contributed by atoms with van der Waals surface area (Å²) >= 11 is 11.8. The molecule has 4 nitrogen and oxygen atoms in total. The summed E-state index contributed by atoms with van der Waals surface area (Å²) in [6.45, 7) is 3.59. The molecule has 0 atom stereocenters. The van der Waals surface area contributed by atoms with Crippen LogP contribution in [0.3, 0.4) is 0 Å². The number of hydrogen-bond acceptors (Lipinski definition) is 4. The molecule has 0 spiro atoms. The molecule has 21 heavy (non-hydrogen) atoms. The van der Waals surface area contributed by atoms with Crippen LogP contribution >= 0.6 is 23.2 Å². The molecule has 0 aliphatic rings. The van der Waals surface area contributed by atoms with Gasteiger partial charge in [0.25, 0.3) is 0 Å². The van der Waals surface area contributed by atoms with E-state index in [0.29, 0.717) is 10.0 Å². The molecule has 0 unspecified atom stereocenters. The average molecular weight is 327 g/mol. The Labute approximate surface area is 133 Å². The summed E-state index contributed by atoms with van der Waals surface area (Å²) in [5.74, 6) is 0.348. The zero-order chi connectivity index (χ0) is 15.6. The van der Waals surface area contributed by atoms with Crippen molar-refractivity contribution >= 4 is 30.9 Å². The molecule has 0 saturated heterocycles. The van der Waals surface area contributed by atoms with Crippen molar-refractivity contribution in [2.45, 2.75) is 13.8 Å². The summed E-state index contributed by atoms with van der Waals surface area (Å²) in [7, 11) is -0.177. The fraction of sp³-hybridized carbons (Fsp3) is 0.143. The summed E-state index contributed by atoms with van der Waals surface area (Å²) in [5.41, 5.74) is 1.55. The number of phenolic OH excluding ortho intramolecular Hbond substituents is 2. The van der Waals surface area contributed by atoms with E-state index in [1.807, 2.05) is 0 Å². The summed E-state index contributed by atoms with van der Waals surface area (Å²) in [6, 6.07) is 6.01. The first-order chi connectivity index (χ1) is 9.88. The Kier molecular flexibility index (Phi) is 4.75. The van der Waals surface area contributed by atoms with E-state index in [2.05, 4.69) is 0 Å². The Hall–Kier alpha value is -1.72. The van der Waals surface area contributed by atoms with Gasteiger partial charge in [0.05, 0.1) is 0 Å².